The topological polar surface area (TPSA) is 29.1 Å². The van der Waals surface area contributed by atoms with E-state index in [4.69, 9.17) is 11.6 Å². The van der Waals surface area contributed by atoms with Crippen LogP contribution in [0.4, 0.5) is 0 Å². The van der Waals surface area contributed by atoms with E-state index in [1.54, 1.807) is 0 Å². The normalized spacial score (nSPS) is 13.9. The molecule has 0 aromatic heterocycles. The van der Waals surface area contributed by atoms with E-state index in [2.05, 4.69) is 19.2 Å². The lowest BCUT2D eigenvalue weighted by Gasteiger charge is -2.31. The Labute approximate surface area is 105 Å². The first kappa shape index (κ1) is 15.8. The molecule has 0 aromatic rings. The van der Waals surface area contributed by atoms with Crippen molar-refractivity contribution in [3.05, 3.63) is 0 Å². The fourth-order valence-corrected chi connectivity index (χ4v) is 1.68. The van der Waals surface area contributed by atoms with Crippen LogP contribution in [-0.2, 0) is 4.79 Å². The van der Waals surface area contributed by atoms with Gasteiger partial charge in [-0.15, -0.1) is 11.6 Å². The van der Waals surface area contributed by atoms with Gasteiger partial charge in [0.1, 0.15) is 0 Å². The van der Waals surface area contributed by atoms with Crippen LogP contribution < -0.4 is 5.32 Å². The summed E-state index contributed by atoms with van der Waals surface area (Å²) in [5.41, 5.74) is -0.335. The molecule has 0 aliphatic carbocycles. The molecule has 0 radical (unpaired) electrons. The Morgan fingerprint density at radius 1 is 1.25 bits per heavy atom. The third-order valence-electron chi connectivity index (χ3n) is 3.08. The molecule has 0 fully saturated rings. The number of hydrogen-bond donors (Lipinski definition) is 1. The van der Waals surface area contributed by atoms with E-state index in [9.17, 15) is 4.79 Å². The van der Waals surface area contributed by atoms with Crippen molar-refractivity contribution in [3.8, 4) is 0 Å². The molecule has 3 heteroatoms. The average molecular weight is 248 g/mol. The number of alkyl halides is 1. The summed E-state index contributed by atoms with van der Waals surface area (Å²) >= 11 is 6.06. The van der Waals surface area contributed by atoms with Gasteiger partial charge in [0.2, 0.25) is 5.91 Å². The second-order valence-corrected chi connectivity index (χ2v) is 5.76. The molecule has 2 nitrogen and oxygen atoms in total. The van der Waals surface area contributed by atoms with E-state index in [1.165, 1.54) is 0 Å². The van der Waals surface area contributed by atoms with Gasteiger partial charge >= 0.3 is 0 Å². The van der Waals surface area contributed by atoms with E-state index in [0.717, 1.165) is 25.7 Å². The van der Waals surface area contributed by atoms with Gasteiger partial charge in [-0.1, -0.05) is 26.7 Å². The van der Waals surface area contributed by atoms with Crippen LogP contribution in [-0.4, -0.2) is 16.8 Å². The summed E-state index contributed by atoms with van der Waals surface area (Å²) in [5, 5.41) is 2.99. The van der Waals surface area contributed by atoms with E-state index in [1.807, 2.05) is 20.8 Å². The first-order valence-corrected chi connectivity index (χ1v) is 6.74. The summed E-state index contributed by atoms with van der Waals surface area (Å²) in [6.45, 7) is 10.1. The average Bonchev–Trinajstić information content (AvgIpc) is 2.16. The molecule has 16 heavy (non-hydrogen) atoms. The summed E-state index contributed by atoms with van der Waals surface area (Å²) in [6.07, 6.45) is 4.03. The lowest BCUT2D eigenvalue weighted by molar-refractivity contribution is -0.127. The highest BCUT2D eigenvalue weighted by atomic mass is 35.5. The zero-order valence-electron chi connectivity index (χ0n) is 11.3. The quantitative estimate of drug-likeness (QED) is 0.683. The molecule has 0 saturated heterocycles. The Balaban J connectivity index is 4.40. The van der Waals surface area contributed by atoms with Gasteiger partial charge in [-0.25, -0.2) is 0 Å². The number of rotatable bonds is 7. The first-order chi connectivity index (χ1) is 7.35. The molecule has 0 aromatic carbocycles. The van der Waals surface area contributed by atoms with Crippen LogP contribution in [0.15, 0.2) is 0 Å². The van der Waals surface area contributed by atoms with Gasteiger partial charge in [-0.2, -0.15) is 0 Å². The maximum absolute atomic E-state index is 12.1. The van der Waals surface area contributed by atoms with E-state index in [-0.39, 0.29) is 22.7 Å². The highest BCUT2D eigenvalue weighted by Gasteiger charge is 2.28. The molecule has 96 valence electrons. The fraction of sp³-hybridized carbons (Fsp3) is 0.923. The summed E-state index contributed by atoms with van der Waals surface area (Å²) in [5.74, 6) is 0.297. The third-order valence-corrected chi connectivity index (χ3v) is 3.63. The zero-order valence-corrected chi connectivity index (χ0v) is 12.0. The Kier molecular flexibility index (Phi) is 7.05. The monoisotopic (exact) mass is 247 g/mol. The predicted octanol–water partition coefficient (Wildman–Crippen LogP) is 3.72. The Bertz CT molecular complexity index is 208. The predicted molar refractivity (Wildman–Crippen MR) is 70.8 cm³/mol. The van der Waals surface area contributed by atoms with E-state index >= 15 is 0 Å². The van der Waals surface area contributed by atoms with Gasteiger partial charge in [0, 0.05) is 5.92 Å². The Morgan fingerprint density at radius 3 is 2.00 bits per heavy atom. The van der Waals surface area contributed by atoms with Crippen molar-refractivity contribution in [3.63, 3.8) is 0 Å². The van der Waals surface area contributed by atoms with Gasteiger partial charge in [-0.3, -0.25) is 4.79 Å². The maximum Gasteiger partial charge on any atom is 0.223 e. The van der Waals surface area contributed by atoms with E-state index < -0.39 is 0 Å². The number of amides is 1. The third kappa shape index (κ3) is 5.20. The van der Waals surface area contributed by atoms with Gasteiger partial charge < -0.3 is 5.32 Å². The molecular formula is C13H26ClNO. The van der Waals surface area contributed by atoms with Gasteiger partial charge in [-0.05, 0) is 33.6 Å². The number of carbonyl (C=O) groups is 1. The largest absolute Gasteiger partial charge is 0.350 e. The highest BCUT2D eigenvalue weighted by Crippen LogP contribution is 2.19. The molecule has 0 aliphatic rings. The van der Waals surface area contributed by atoms with Crippen molar-refractivity contribution in [2.75, 3.05) is 0 Å². The van der Waals surface area contributed by atoms with Crippen LogP contribution in [0.25, 0.3) is 0 Å². The van der Waals surface area contributed by atoms with Crippen LogP contribution >= 0.6 is 11.6 Å². The molecule has 0 spiro atoms. The van der Waals surface area contributed by atoms with Crippen molar-refractivity contribution >= 4 is 17.5 Å². The molecule has 0 rings (SSSR count). The van der Waals surface area contributed by atoms with Gasteiger partial charge in [0.25, 0.3) is 0 Å². The summed E-state index contributed by atoms with van der Waals surface area (Å²) in [6, 6.07) is 0. The first-order valence-electron chi connectivity index (χ1n) is 6.31. The highest BCUT2D eigenvalue weighted by molar-refractivity contribution is 6.21. The summed E-state index contributed by atoms with van der Waals surface area (Å²) in [4.78, 5) is 12.1. The van der Waals surface area contributed by atoms with Crippen molar-refractivity contribution < 1.29 is 4.79 Å². The lowest BCUT2D eigenvalue weighted by atomic mass is 9.94. The molecule has 1 amide bonds. The molecule has 0 heterocycles. The minimum Gasteiger partial charge on any atom is -0.350 e. The second kappa shape index (κ2) is 7.16. The number of hydrogen-bond acceptors (Lipinski definition) is 1. The lowest BCUT2D eigenvalue weighted by Crippen LogP contribution is -2.51. The standard InChI is InChI=1S/C13H26ClNO/c1-6-8-11(9-7-2)12(16)15-13(4,5)10(3)14/h10-11H,6-9H2,1-5H3,(H,15,16). The summed E-state index contributed by atoms with van der Waals surface area (Å²) in [7, 11) is 0. The van der Waals surface area contributed by atoms with Crippen molar-refractivity contribution in [2.45, 2.75) is 71.2 Å². The molecule has 0 aliphatic heterocycles. The maximum atomic E-state index is 12.1. The second-order valence-electron chi connectivity index (χ2n) is 5.10. The molecule has 1 atom stereocenters. The smallest absolute Gasteiger partial charge is 0.223 e. The number of nitrogens with one attached hydrogen (secondary N) is 1. The van der Waals surface area contributed by atoms with Crippen LogP contribution in [0, 0.1) is 5.92 Å². The van der Waals surface area contributed by atoms with Crippen molar-refractivity contribution in [1.29, 1.82) is 0 Å². The van der Waals surface area contributed by atoms with Crippen LogP contribution in [0.5, 0.6) is 0 Å². The Morgan fingerprint density at radius 2 is 1.69 bits per heavy atom. The van der Waals surface area contributed by atoms with Crippen LogP contribution in [0.3, 0.4) is 0 Å². The van der Waals surface area contributed by atoms with Gasteiger partial charge in [0.05, 0.1) is 10.9 Å². The number of halogens is 1. The molecule has 1 N–H and O–H groups in total. The Hall–Kier alpha value is -0.240. The van der Waals surface area contributed by atoms with Crippen LogP contribution in [0.2, 0.25) is 0 Å². The van der Waals surface area contributed by atoms with Crippen molar-refractivity contribution in [1.82, 2.24) is 5.32 Å². The zero-order chi connectivity index (χ0) is 12.8. The van der Waals surface area contributed by atoms with Crippen LogP contribution in [0.1, 0.15) is 60.3 Å². The minimum absolute atomic E-state index is 0.0691. The molecule has 1 unspecified atom stereocenters. The molecule has 0 saturated carbocycles. The number of carbonyl (C=O) groups excluding carboxylic acids is 1. The summed E-state index contributed by atoms with van der Waals surface area (Å²) < 4.78 is 0. The fourth-order valence-electron chi connectivity index (χ4n) is 1.62. The molecular weight excluding hydrogens is 222 g/mol. The van der Waals surface area contributed by atoms with E-state index in [0.29, 0.717) is 0 Å². The van der Waals surface area contributed by atoms with Gasteiger partial charge in [0.15, 0.2) is 0 Å². The minimum atomic E-state index is -0.335. The van der Waals surface area contributed by atoms with Crippen molar-refractivity contribution in [2.24, 2.45) is 5.92 Å². The molecule has 0 bridgehead atoms. The SMILES string of the molecule is CCCC(CCC)C(=O)NC(C)(C)C(C)Cl.